The van der Waals surface area contributed by atoms with Crippen molar-refractivity contribution in [3.05, 3.63) is 53.6 Å². The Hall–Kier alpha value is -3.73. The van der Waals surface area contributed by atoms with Crippen LogP contribution in [0, 0.1) is 5.41 Å². The highest BCUT2D eigenvalue weighted by atomic mass is 32.1. The molecule has 0 saturated carbocycles. The van der Waals surface area contributed by atoms with Gasteiger partial charge in [-0.2, -0.15) is 12.6 Å². The summed E-state index contributed by atoms with van der Waals surface area (Å²) in [6.07, 6.45) is 2.62. The van der Waals surface area contributed by atoms with Crippen LogP contribution in [0.15, 0.2) is 42.5 Å². The van der Waals surface area contributed by atoms with Gasteiger partial charge in [-0.25, -0.2) is 4.79 Å². The summed E-state index contributed by atoms with van der Waals surface area (Å²) < 4.78 is 22.7. The summed E-state index contributed by atoms with van der Waals surface area (Å²) in [5.74, 6) is 0.190. The van der Waals surface area contributed by atoms with E-state index >= 15 is 0 Å². The summed E-state index contributed by atoms with van der Waals surface area (Å²) in [5.41, 5.74) is 0.799. The molecule has 2 amide bonds. The molecule has 0 aliphatic carbocycles. The van der Waals surface area contributed by atoms with Crippen molar-refractivity contribution in [2.75, 3.05) is 39.7 Å². The van der Waals surface area contributed by atoms with E-state index in [2.05, 4.69) is 17.9 Å². The van der Waals surface area contributed by atoms with E-state index in [-0.39, 0.29) is 12.5 Å². The number of ketones is 1. The molecule has 1 heterocycles. The molecule has 1 saturated heterocycles. The largest absolute Gasteiger partial charge is 0.493 e. The molecule has 2 aromatic carbocycles. The zero-order valence-corrected chi connectivity index (χ0v) is 27.8. The minimum absolute atomic E-state index is 0.172. The van der Waals surface area contributed by atoms with Gasteiger partial charge < -0.3 is 29.2 Å². The summed E-state index contributed by atoms with van der Waals surface area (Å²) in [4.78, 5) is 53.6. The molecule has 10 nitrogen and oxygen atoms in total. The van der Waals surface area contributed by atoms with E-state index in [0.29, 0.717) is 73.8 Å². The van der Waals surface area contributed by atoms with Gasteiger partial charge in [0.25, 0.3) is 11.8 Å². The van der Waals surface area contributed by atoms with Crippen LogP contribution in [0.1, 0.15) is 70.1 Å². The summed E-state index contributed by atoms with van der Waals surface area (Å²) in [5, 5.41) is 2.71. The zero-order valence-electron chi connectivity index (χ0n) is 26.9. The number of hydrogen-bond acceptors (Lipinski definition) is 9. The van der Waals surface area contributed by atoms with Crippen molar-refractivity contribution in [3.8, 4) is 17.2 Å². The van der Waals surface area contributed by atoms with Crippen LogP contribution in [0.5, 0.6) is 17.2 Å². The number of likely N-dealkylation sites (tertiary alicyclic amines) is 1. The SMILES string of the molecule is CCC(C)(C)C(=O)C(=O)N1CCCCC1C(=O)O[C@H](CCc1ccc(OC)c(OC)c1)c1cccc(OCC(=O)NCCS)c1. The van der Waals surface area contributed by atoms with Crippen LogP contribution in [0.25, 0.3) is 0 Å². The molecule has 246 valence electrons. The van der Waals surface area contributed by atoms with Crippen LogP contribution in [-0.4, -0.2) is 74.2 Å². The molecule has 0 aromatic heterocycles. The highest BCUT2D eigenvalue weighted by Gasteiger charge is 2.41. The van der Waals surface area contributed by atoms with E-state index in [4.69, 9.17) is 18.9 Å². The number of aryl methyl sites for hydroxylation is 1. The van der Waals surface area contributed by atoms with Gasteiger partial charge in [-0.05, 0) is 73.9 Å². The van der Waals surface area contributed by atoms with E-state index in [1.807, 2.05) is 31.2 Å². The van der Waals surface area contributed by atoms with Gasteiger partial charge in [0.05, 0.1) is 14.2 Å². The molecule has 45 heavy (non-hydrogen) atoms. The molecule has 1 N–H and O–H groups in total. The van der Waals surface area contributed by atoms with E-state index in [1.165, 1.54) is 4.90 Å². The smallest absolute Gasteiger partial charge is 0.329 e. The molecular formula is C34H46N2O8S. The van der Waals surface area contributed by atoms with Gasteiger partial charge in [-0.15, -0.1) is 0 Å². The van der Waals surface area contributed by atoms with Crippen LogP contribution < -0.4 is 19.5 Å². The third-order valence-corrected chi connectivity index (χ3v) is 8.39. The first-order valence-corrected chi connectivity index (χ1v) is 16.0. The Morgan fingerprint density at radius 3 is 2.49 bits per heavy atom. The van der Waals surface area contributed by atoms with Gasteiger partial charge in [0.1, 0.15) is 17.9 Å². The number of rotatable bonds is 16. The number of methoxy groups -OCH3 is 2. The fraction of sp³-hybridized carbons (Fsp3) is 0.529. The predicted octanol–water partition coefficient (Wildman–Crippen LogP) is 4.73. The molecule has 11 heteroatoms. The molecule has 1 fully saturated rings. The fourth-order valence-corrected chi connectivity index (χ4v) is 5.16. The number of carbonyl (C=O) groups is 4. The average Bonchev–Trinajstić information content (AvgIpc) is 3.07. The minimum atomic E-state index is -0.860. The Bertz CT molecular complexity index is 1330. The fourth-order valence-electron chi connectivity index (χ4n) is 5.05. The average molecular weight is 643 g/mol. The first-order chi connectivity index (χ1) is 21.5. The first kappa shape index (κ1) is 35.7. The summed E-state index contributed by atoms with van der Waals surface area (Å²) in [6.45, 7) is 5.93. The molecule has 1 unspecified atom stereocenters. The topological polar surface area (TPSA) is 120 Å². The number of hydrogen-bond donors (Lipinski definition) is 2. The van der Waals surface area contributed by atoms with Crippen molar-refractivity contribution < 1.29 is 38.1 Å². The van der Waals surface area contributed by atoms with Crippen molar-refractivity contribution in [1.82, 2.24) is 10.2 Å². The maximum atomic E-state index is 13.8. The number of thiol groups is 1. The third kappa shape index (κ3) is 9.88. The maximum Gasteiger partial charge on any atom is 0.329 e. The van der Waals surface area contributed by atoms with Crippen molar-refractivity contribution in [3.63, 3.8) is 0 Å². The summed E-state index contributed by atoms with van der Waals surface area (Å²) in [7, 11) is 3.14. The number of amides is 2. The van der Waals surface area contributed by atoms with Gasteiger partial charge in [0.2, 0.25) is 5.78 Å². The van der Waals surface area contributed by atoms with Crippen LogP contribution in [0.4, 0.5) is 0 Å². The van der Waals surface area contributed by atoms with Crippen LogP contribution in [0.2, 0.25) is 0 Å². The molecular weight excluding hydrogens is 596 g/mol. The second-order valence-electron chi connectivity index (χ2n) is 11.7. The highest BCUT2D eigenvalue weighted by Crippen LogP contribution is 2.32. The Morgan fingerprint density at radius 1 is 1.04 bits per heavy atom. The monoisotopic (exact) mass is 642 g/mol. The summed E-state index contributed by atoms with van der Waals surface area (Å²) in [6, 6.07) is 11.8. The van der Waals surface area contributed by atoms with Gasteiger partial charge in [-0.1, -0.05) is 39.0 Å². The number of benzene rings is 2. The highest BCUT2D eigenvalue weighted by molar-refractivity contribution is 7.80. The maximum absolute atomic E-state index is 13.8. The van der Waals surface area contributed by atoms with Crippen molar-refractivity contribution in [1.29, 1.82) is 0 Å². The Morgan fingerprint density at radius 2 is 1.80 bits per heavy atom. The molecule has 1 aliphatic rings. The minimum Gasteiger partial charge on any atom is -0.493 e. The Balaban J connectivity index is 1.85. The van der Waals surface area contributed by atoms with E-state index in [1.54, 1.807) is 46.3 Å². The van der Waals surface area contributed by atoms with E-state index in [0.717, 1.165) is 12.0 Å². The Kier molecular flexibility index (Phi) is 13.6. The lowest BCUT2D eigenvalue weighted by Gasteiger charge is -2.36. The van der Waals surface area contributed by atoms with Crippen LogP contribution >= 0.6 is 12.6 Å². The normalized spacial score (nSPS) is 15.5. The number of nitrogens with one attached hydrogen (secondary N) is 1. The Labute approximate surface area is 271 Å². The molecule has 3 rings (SSSR count). The standard InChI is InChI=1S/C34H46N2O8S/c1-6-34(2,3)31(38)32(39)36-18-8-7-12-26(36)33(40)44-27(15-13-23-14-16-28(41-4)29(20-23)42-5)24-10-9-11-25(21-24)43-22-30(37)35-17-19-45/h9-11,14,16,20-21,26-27,45H,6-8,12-13,15,17-19,22H2,1-5H3,(H,35,37)/t26?,27-/m1/s1. The quantitative estimate of drug-likeness (QED) is 0.153. The number of nitrogens with zero attached hydrogens (tertiary/aromatic N) is 1. The number of esters is 1. The van der Waals surface area contributed by atoms with Gasteiger partial charge >= 0.3 is 5.97 Å². The lowest BCUT2D eigenvalue weighted by Crippen LogP contribution is -2.53. The number of carbonyl (C=O) groups excluding carboxylic acids is 4. The second-order valence-corrected chi connectivity index (χ2v) is 12.1. The third-order valence-electron chi connectivity index (χ3n) is 8.16. The van der Waals surface area contributed by atoms with Crippen molar-refractivity contribution in [2.45, 2.75) is 71.4 Å². The van der Waals surface area contributed by atoms with Crippen LogP contribution in [0.3, 0.4) is 0 Å². The lowest BCUT2D eigenvalue weighted by atomic mass is 9.84. The van der Waals surface area contributed by atoms with Gasteiger partial charge in [0.15, 0.2) is 18.1 Å². The first-order valence-electron chi connectivity index (χ1n) is 15.4. The molecule has 0 spiro atoms. The molecule has 0 radical (unpaired) electrons. The number of Topliss-reactive ketones (excluding diaryl/α,β-unsaturated/α-hetero) is 1. The van der Waals surface area contributed by atoms with Gasteiger partial charge in [-0.3, -0.25) is 14.4 Å². The molecule has 1 aliphatic heterocycles. The lowest BCUT2D eigenvalue weighted by molar-refractivity contribution is -0.164. The second kappa shape index (κ2) is 17.1. The van der Waals surface area contributed by atoms with Crippen LogP contribution in [-0.2, 0) is 30.3 Å². The van der Waals surface area contributed by atoms with E-state index < -0.39 is 35.2 Å². The number of piperidine rings is 1. The molecule has 2 atom stereocenters. The van der Waals surface area contributed by atoms with Crippen molar-refractivity contribution in [2.24, 2.45) is 5.41 Å². The summed E-state index contributed by atoms with van der Waals surface area (Å²) >= 11 is 4.10. The molecule has 2 aromatic rings. The zero-order chi connectivity index (χ0) is 33.0. The predicted molar refractivity (Wildman–Crippen MR) is 174 cm³/mol. The van der Waals surface area contributed by atoms with Gasteiger partial charge in [0, 0.05) is 24.3 Å². The van der Waals surface area contributed by atoms with Crippen molar-refractivity contribution >= 4 is 36.2 Å². The van der Waals surface area contributed by atoms with E-state index in [9.17, 15) is 19.2 Å². The number of ether oxygens (including phenoxy) is 4. The molecule has 0 bridgehead atoms.